The zero-order chi connectivity index (χ0) is 15.2. The third-order valence-corrected chi connectivity index (χ3v) is 2.36. The molecule has 5 nitrogen and oxygen atoms in total. The smallest absolute Gasteiger partial charge is 0.251 e. The molecule has 0 heterocycles. The molecule has 110 valence electrons. The van der Waals surface area contributed by atoms with Gasteiger partial charge in [0, 0.05) is 23.4 Å². The summed E-state index contributed by atoms with van der Waals surface area (Å²) in [6, 6.07) is 6.75. The molecule has 0 spiro atoms. The van der Waals surface area contributed by atoms with Gasteiger partial charge in [-0.3, -0.25) is 9.59 Å². The first-order valence-corrected chi connectivity index (χ1v) is 6.62. The number of hydrogen-bond donors (Lipinski definition) is 2. The van der Waals surface area contributed by atoms with Crippen molar-refractivity contribution < 1.29 is 14.3 Å². The molecule has 0 aliphatic heterocycles. The first-order valence-electron chi connectivity index (χ1n) is 6.62. The average Bonchev–Trinajstić information content (AvgIpc) is 2.35. The second kappa shape index (κ2) is 7.05. The van der Waals surface area contributed by atoms with E-state index in [0.717, 1.165) is 0 Å². The maximum Gasteiger partial charge on any atom is 0.251 e. The maximum atomic E-state index is 11.9. The summed E-state index contributed by atoms with van der Waals surface area (Å²) in [5, 5.41) is 5.57. The minimum atomic E-state index is -0.276. The Morgan fingerprint density at radius 2 is 1.75 bits per heavy atom. The maximum absolute atomic E-state index is 11.9. The average molecular weight is 278 g/mol. The molecule has 1 rings (SSSR count). The number of ether oxygens (including phenoxy) is 1. The number of rotatable bonds is 5. The Balaban J connectivity index is 2.60. The van der Waals surface area contributed by atoms with Crippen molar-refractivity contribution in [2.24, 2.45) is 0 Å². The normalized spacial score (nSPS) is 11.0. The van der Waals surface area contributed by atoms with Gasteiger partial charge in [-0.05, 0) is 52.0 Å². The summed E-state index contributed by atoms with van der Waals surface area (Å²) < 4.78 is 5.01. The van der Waals surface area contributed by atoms with Gasteiger partial charge >= 0.3 is 0 Å². The van der Waals surface area contributed by atoms with Gasteiger partial charge in [0.15, 0.2) is 0 Å². The minimum absolute atomic E-state index is 0.0305. The highest BCUT2D eigenvalue weighted by molar-refractivity contribution is 5.96. The Kier molecular flexibility index (Phi) is 5.70. The van der Waals surface area contributed by atoms with Crippen LogP contribution in [0.5, 0.6) is 0 Å². The van der Waals surface area contributed by atoms with E-state index in [2.05, 4.69) is 10.6 Å². The van der Waals surface area contributed by atoms with Crippen LogP contribution < -0.4 is 10.6 Å². The molecule has 0 saturated carbocycles. The lowest BCUT2D eigenvalue weighted by molar-refractivity contribution is -0.120. The van der Waals surface area contributed by atoms with Crippen LogP contribution in [0, 0.1) is 0 Å². The predicted molar refractivity (Wildman–Crippen MR) is 78.8 cm³/mol. The van der Waals surface area contributed by atoms with Crippen LogP contribution in [-0.2, 0) is 9.53 Å². The van der Waals surface area contributed by atoms with Gasteiger partial charge in [-0.2, -0.15) is 0 Å². The van der Waals surface area contributed by atoms with Crippen molar-refractivity contribution in [1.82, 2.24) is 5.32 Å². The molecule has 20 heavy (non-hydrogen) atoms. The summed E-state index contributed by atoms with van der Waals surface area (Å²) in [7, 11) is 0. The summed E-state index contributed by atoms with van der Waals surface area (Å²) in [5.74, 6) is -0.344. The fourth-order valence-corrected chi connectivity index (χ4v) is 1.51. The van der Waals surface area contributed by atoms with Crippen LogP contribution in [0.3, 0.4) is 0 Å². The molecule has 0 fully saturated rings. The predicted octanol–water partition coefficient (Wildman–Crippen LogP) is 2.19. The zero-order valence-electron chi connectivity index (χ0n) is 12.4. The van der Waals surface area contributed by atoms with Crippen LogP contribution in [0.2, 0.25) is 0 Å². The van der Waals surface area contributed by atoms with E-state index in [0.29, 0.717) is 17.9 Å². The van der Waals surface area contributed by atoms with Crippen LogP contribution in [0.25, 0.3) is 0 Å². The topological polar surface area (TPSA) is 67.4 Å². The number of carbonyl (C=O) groups excluding carboxylic acids is 2. The fraction of sp³-hybridized carbons (Fsp3) is 0.467. The van der Waals surface area contributed by atoms with Crippen molar-refractivity contribution >= 4 is 17.5 Å². The number of anilines is 1. The molecule has 0 aromatic heterocycles. The highest BCUT2D eigenvalue weighted by atomic mass is 16.5. The highest BCUT2D eigenvalue weighted by Gasteiger charge is 2.15. The van der Waals surface area contributed by atoms with E-state index in [4.69, 9.17) is 4.74 Å². The first-order chi connectivity index (χ1) is 9.31. The lowest BCUT2D eigenvalue weighted by atomic mass is 10.1. The van der Waals surface area contributed by atoms with E-state index < -0.39 is 0 Å². The van der Waals surface area contributed by atoms with Crippen LogP contribution in [0.15, 0.2) is 24.3 Å². The van der Waals surface area contributed by atoms with Crippen molar-refractivity contribution in [1.29, 1.82) is 0 Å². The highest BCUT2D eigenvalue weighted by Crippen LogP contribution is 2.11. The molecule has 0 aliphatic carbocycles. The molecule has 0 radical (unpaired) electrons. The zero-order valence-corrected chi connectivity index (χ0v) is 12.4. The van der Waals surface area contributed by atoms with Crippen LogP contribution in [0.1, 0.15) is 38.1 Å². The van der Waals surface area contributed by atoms with Crippen molar-refractivity contribution in [2.45, 2.75) is 33.2 Å². The van der Waals surface area contributed by atoms with Crippen LogP contribution in [0.4, 0.5) is 5.69 Å². The van der Waals surface area contributed by atoms with Crippen LogP contribution in [-0.4, -0.2) is 30.6 Å². The third-order valence-electron chi connectivity index (χ3n) is 2.36. The molecule has 0 saturated heterocycles. The van der Waals surface area contributed by atoms with E-state index in [9.17, 15) is 9.59 Å². The standard InChI is InChI=1S/C15H22N2O3/c1-5-20-10-13(18)16-12-8-6-11(7-9-12)14(19)17-15(2,3)4/h6-9H,5,10H2,1-4H3,(H,16,18)(H,17,19). The largest absolute Gasteiger partial charge is 0.372 e. The third kappa shape index (κ3) is 5.84. The minimum Gasteiger partial charge on any atom is -0.372 e. The molecule has 1 aromatic rings. The SMILES string of the molecule is CCOCC(=O)Nc1ccc(C(=O)NC(C)(C)C)cc1. The molecular weight excluding hydrogens is 256 g/mol. The second-order valence-electron chi connectivity index (χ2n) is 5.47. The van der Waals surface area contributed by atoms with Gasteiger partial charge in [-0.1, -0.05) is 0 Å². The fourth-order valence-electron chi connectivity index (χ4n) is 1.51. The van der Waals surface area contributed by atoms with Crippen molar-refractivity contribution in [3.8, 4) is 0 Å². The Bertz CT molecular complexity index is 461. The Labute approximate surface area is 119 Å². The van der Waals surface area contributed by atoms with Gasteiger partial charge in [-0.25, -0.2) is 0 Å². The summed E-state index contributed by atoms with van der Waals surface area (Å²) in [4.78, 5) is 23.4. The molecule has 0 bridgehead atoms. The molecule has 5 heteroatoms. The second-order valence-corrected chi connectivity index (χ2v) is 5.47. The molecule has 0 atom stereocenters. The monoisotopic (exact) mass is 278 g/mol. The van der Waals surface area contributed by atoms with Crippen LogP contribution >= 0.6 is 0 Å². The summed E-state index contributed by atoms with van der Waals surface area (Å²) >= 11 is 0. The van der Waals surface area contributed by atoms with Gasteiger partial charge in [0.1, 0.15) is 6.61 Å². The number of nitrogens with one attached hydrogen (secondary N) is 2. The van der Waals surface area contributed by atoms with E-state index in [1.807, 2.05) is 27.7 Å². The summed E-state index contributed by atoms with van der Waals surface area (Å²) in [6.07, 6.45) is 0. The van der Waals surface area contributed by atoms with Gasteiger partial charge < -0.3 is 15.4 Å². The molecule has 0 unspecified atom stereocenters. The Morgan fingerprint density at radius 1 is 1.15 bits per heavy atom. The quantitative estimate of drug-likeness (QED) is 0.867. The number of carbonyl (C=O) groups is 2. The first kappa shape index (κ1) is 16.2. The molecule has 2 amide bonds. The number of benzene rings is 1. The van der Waals surface area contributed by atoms with Gasteiger partial charge in [0.05, 0.1) is 0 Å². The van der Waals surface area contributed by atoms with E-state index in [1.165, 1.54) is 0 Å². The molecule has 1 aromatic carbocycles. The number of amides is 2. The van der Waals surface area contributed by atoms with E-state index in [1.54, 1.807) is 24.3 Å². The van der Waals surface area contributed by atoms with E-state index >= 15 is 0 Å². The van der Waals surface area contributed by atoms with Gasteiger partial charge in [-0.15, -0.1) is 0 Å². The Hall–Kier alpha value is -1.88. The summed E-state index contributed by atoms with van der Waals surface area (Å²) in [5.41, 5.74) is 0.923. The van der Waals surface area contributed by atoms with Crippen molar-refractivity contribution in [3.63, 3.8) is 0 Å². The Morgan fingerprint density at radius 3 is 2.25 bits per heavy atom. The molecular formula is C15H22N2O3. The van der Waals surface area contributed by atoms with Gasteiger partial charge in [0.2, 0.25) is 5.91 Å². The number of hydrogen-bond acceptors (Lipinski definition) is 3. The van der Waals surface area contributed by atoms with Crippen molar-refractivity contribution in [3.05, 3.63) is 29.8 Å². The van der Waals surface area contributed by atoms with Crippen molar-refractivity contribution in [2.75, 3.05) is 18.5 Å². The lowest BCUT2D eigenvalue weighted by Crippen LogP contribution is -2.40. The summed E-state index contributed by atoms with van der Waals surface area (Å²) in [6.45, 7) is 8.13. The van der Waals surface area contributed by atoms with E-state index in [-0.39, 0.29) is 24.0 Å². The molecule has 2 N–H and O–H groups in total. The molecule has 0 aliphatic rings. The van der Waals surface area contributed by atoms with Gasteiger partial charge in [0.25, 0.3) is 5.91 Å². The lowest BCUT2D eigenvalue weighted by Gasteiger charge is -2.20.